The molecule has 0 amide bonds. The summed E-state index contributed by atoms with van der Waals surface area (Å²) in [4.78, 5) is 0.0921. The SMILES string of the molecule is CCCCCCCCCCCCCCCCc1ccc2cc(S(=O)(=O)O)c(CCCCCCCCCCCCCCCC)cc2c1. The summed E-state index contributed by atoms with van der Waals surface area (Å²) in [6.07, 6.45) is 39.2. The zero-order valence-electron chi connectivity index (χ0n) is 30.3. The first-order chi connectivity index (χ1) is 22.5. The Morgan fingerprint density at radius 2 is 0.804 bits per heavy atom. The van der Waals surface area contributed by atoms with Gasteiger partial charge in [-0.2, -0.15) is 8.42 Å². The van der Waals surface area contributed by atoms with Crippen molar-refractivity contribution in [2.24, 2.45) is 0 Å². The van der Waals surface area contributed by atoms with Gasteiger partial charge in [0.1, 0.15) is 0 Å². The topological polar surface area (TPSA) is 54.4 Å². The molecule has 0 fully saturated rings. The standard InChI is InChI=1S/C42H72O3S/c1-3-5-7-9-11-13-15-17-19-21-23-25-27-29-31-38-33-34-39-37-42(46(43,44)45)40(36-41(39)35-38)32-30-28-26-24-22-20-18-16-14-12-10-8-6-4-2/h33-37H,3-32H2,1-2H3,(H,43,44,45). The predicted molar refractivity (Wildman–Crippen MR) is 202 cm³/mol. The van der Waals surface area contributed by atoms with Crippen molar-refractivity contribution in [1.29, 1.82) is 0 Å². The molecule has 0 heterocycles. The molecular formula is C42H72O3S. The molecule has 4 heteroatoms. The fourth-order valence-corrected chi connectivity index (χ4v) is 7.77. The quantitative estimate of drug-likeness (QED) is 0.0649. The lowest BCUT2D eigenvalue weighted by molar-refractivity contribution is 0.481. The van der Waals surface area contributed by atoms with Gasteiger partial charge in [0.15, 0.2) is 0 Å². The molecule has 1 N–H and O–H groups in total. The normalized spacial score (nSPS) is 12.0. The van der Waals surface area contributed by atoms with E-state index in [0.717, 1.165) is 35.6 Å². The first-order valence-corrected chi connectivity index (χ1v) is 21.4. The van der Waals surface area contributed by atoms with Crippen LogP contribution >= 0.6 is 0 Å². The lowest BCUT2D eigenvalue weighted by atomic mass is 9.98. The van der Waals surface area contributed by atoms with Crippen LogP contribution in [0, 0.1) is 0 Å². The lowest BCUT2D eigenvalue weighted by Crippen LogP contribution is -2.04. The second-order valence-corrected chi connectivity index (χ2v) is 15.7. The van der Waals surface area contributed by atoms with Crippen molar-refractivity contribution < 1.29 is 13.0 Å². The molecule has 2 aromatic rings. The van der Waals surface area contributed by atoms with E-state index >= 15 is 0 Å². The minimum Gasteiger partial charge on any atom is -0.282 e. The van der Waals surface area contributed by atoms with E-state index in [0.29, 0.717) is 6.42 Å². The van der Waals surface area contributed by atoms with Crippen LogP contribution in [-0.2, 0) is 23.0 Å². The molecule has 3 nitrogen and oxygen atoms in total. The lowest BCUT2D eigenvalue weighted by Gasteiger charge is -2.11. The highest BCUT2D eigenvalue weighted by atomic mass is 32.2. The average molecular weight is 657 g/mol. The smallest absolute Gasteiger partial charge is 0.282 e. The van der Waals surface area contributed by atoms with Crippen molar-refractivity contribution in [2.75, 3.05) is 0 Å². The average Bonchev–Trinajstić information content (AvgIpc) is 3.04. The molecule has 0 aliphatic carbocycles. The molecule has 0 aromatic heterocycles. The molecule has 0 unspecified atom stereocenters. The Kier molecular flexibility index (Phi) is 23.5. The van der Waals surface area contributed by atoms with E-state index in [-0.39, 0.29) is 4.90 Å². The largest absolute Gasteiger partial charge is 0.294 e. The van der Waals surface area contributed by atoms with E-state index in [1.54, 1.807) is 6.07 Å². The van der Waals surface area contributed by atoms with Gasteiger partial charge in [0.25, 0.3) is 10.1 Å². The first kappa shape index (κ1) is 40.8. The Hall–Kier alpha value is -1.39. The summed E-state index contributed by atoms with van der Waals surface area (Å²) in [6, 6.07) is 10.1. The van der Waals surface area contributed by atoms with Gasteiger partial charge in [-0.25, -0.2) is 0 Å². The summed E-state index contributed by atoms with van der Waals surface area (Å²) in [5.41, 5.74) is 2.09. The number of fused-ring (bicyclic) bond motifs is 1. The van der Waals surface area contributed by atoms with Gasteiger partial charge in [0.05, 0.1) is 4.90 Å². The maximum absolute atomic E-state index is 12.2. The Balaban J connectivity index is 1.64. The van der Waals surface area contributed by atoms with Crippen molar-refractivity contribution in [3.05, 3.63) is 41.5 Å². The van der Waals surface area contributed by atoms with Crippen LogP contribution in [0.4, 0.5) is 0 Å². The molecule has 0 spiro atoms. The number of benzene rings is 2. The zero-order valence-corrected chi connectivity index (χ0v) is 31.1. The number of unbranched alkanes of at least 4 members (excludes halogenated alkanes) is 26. The third-order valence-electron chi connectivity index (χ3n) is 9.98. The number of hydrogen-bond acceptors (Lipinski definition) is 2. The molecule has 46 heavy (non-hydrogen) atoms. The van der Waals surface area contributed by atoms with Crippen LogP contribution in [0.25, 0.3) is 10.8 Å². The predicted octanol–water partition coefficient (Wildman–Crippen LogP) is 14.1. The first-order valence-electron chi connectivity index (χ1n) is 20.0. The summed E-state index contributed by atoms with van der Waals surface area (Å²) >= 11 is 0. The van der Waals surface area contributed by atoms with Crippen LogP contribution in [-0.4, -0.2) is 13.0 Å². The van der Waals surface area contributed by atoms with Gasteiger partial charge in [-0.15, -0.1) is 0 Å². The fraction of sp³-hybridized carbons (Fsp3) is 0.762. The van der Waals surface area contributed by atoms with Crippen molar-refractivity contribution in [3.63, 3.8) is 0 Å². The van der Waals surface area contributed by atoms with E-state index < -0.39 is 10.1 Å². The number of aryl methyl sites for hydroxylation is 2. The molecule has 0 saturated carbocycles. The summed E-state index contributed by atoms with van der Waals surface area (Å²) in [6.45, 7) is 4.56. The van der Waals surface area contributed by atoms with Crippen LogP contribution in [0.3, 0.4) is 0 Å². The third kappa shape index (κ3) is 19.4. The fourth-order valence-electron chi connectivity index (χ4n) is 7.00. The van der Waals surface area contributed by atoms with Crippen molar-refractivity contribution in [3.8, 4) is 0 Å². The maximum atomic E-state index is 12.2. The molecule has 0 saturated heterocycles. The molecule has 0 aliphatic heterocycles. The van der Waals surface area contributed by atoms with Gasteiger partial charge in [0, 0.05) is 0 Å². The minimum absolute atomic E-state index is 0.0921. The van der Waals surface area contributed by atoms with Crippen LogP contribution < -0.4 is 0 Å². The van der Waals surface area contributed by atoms with Gasteiger partial charge >= 0.3 is 0 Å². The Morgan fingerprint density at radius 1 is 0.435 bits per heavy atom. The van der Waals surface area contributed by atoms with E-state index in [2.05, 4.69) is 26.0 Å². The molecule has 0 bridgehead atoms. The molecule has 2 aromatic carbocycles. The van der Waals surface area contributed by atoms with Crippen molar-refractivity contribution in [1.82, 2.24) is 0 Å². The molecule has 2 rings (SSSR count). The second-order valence-electron chi connectivity index (χ2n) is 14.3. The highest BCUT2D eigenvalue weighted by molar-refractivity contribution is 7.85. The van der Waals surface area contributed by atoms with Gasteiger partial charge in [-0.05, 0) is 59.7 Å². The number of rotatable bonds is 31. The van der Waals surface area contributed by atoms with Gasteiger partial charge in [-0.1, -0.05) is 199 Å². The van der Waals surface area contributed by atoms with Crippen molar-refractivity contribution in [2.45, 2.75) is 211 Å². The van der Waals surface area contributed by atoms with Crippen LogP contribution in [0.5, 0.6) is 0 Å². The molecule has 0 aliphatic rings. The van der Waals surface area contributed by atoms with Gasteiger partial charge < -0.3 is 0 Å². The second kappa shape index (κ2) is 26.6. The van der Waals surface area contributed by atoms with Gasteiger partial charge in [-0.3, -0.25) is 4.55 Å². The van der Waals surface area contributed by atoms with E-state index in [1.165, 1.54) is 173 Å². The third-order valence-corrected chi connectivity index (χ3v) is 10.9. The highest BCUT2D eigenvalue weighted by Crippen LogP contribution is 2.27. The summed E-state index contributed by atoms with van der Waals surface area (Å²) < 4.78 is 34.4. The highest BCUT2D eigenvalue weighted by Gasteiger charge is 2.16. The Labute approximate surface area is 285 Å². The molecule has 0 radical (unpaired) electrons. The summed E-state index contributed by atoms with van der Waals surface area (Å²) in [5.74, 6) is 0. The van der Waals surface area contributed by atoms with Crippen molar-refractivity contribution >= 4 is 20.9 Å². The molecule has 0 atom stereocenters. The maximum Gasteiger partial charge on any atom is 0.294 e. The zero-order chi connectivity index (χ0) is 33.1. The Morgan fingerprint density at radius 3 is 1.20 bits per heavy atom. The monoisotopic (exact) mass is 657 g/mol. The number of hydrogen-bond donors (Lipinski definition) is 1. The summed E-state index contributed by atoms with van der Waals surface area (Å²) in [5, 5.41) is 1.98. The van der Waals surface area contributed by atoms with E-state index in [1.807, 2.05) is 12.1 Å². The minimum atomic E-state index is -4.24. The molecule has 264 valence electrons. The summed E-state index contributed by atoms with van der Waals surface area (Å²) in [7, 11) is -4.24. The van der Waals surface area contributed by atoms with Crippen LogP contribution in [0.1, 0.15) is 205 Å². The Bertz CT molecular complexity index is 1120. The van der Waals surface area contributed by atoms with E-state index in [9.17, 15) is 13.0 Å². The van der Waals surface area contributed by atoms with Crippen LogP contribution in [0.15, 0.2) is 35.2 Å². The van der Waals surface area contributed by atoms with E-state index in [4.69, 9.17) is 0 Å². The van der Waals surface area contributed by atoms with Gasteiger partial charge in [0.2, 0.25) is 0 Å². The molecular weight excluding hydrogens is 585 g/mol. The van der Waals surface area contributed by atoms with Crippen LogP contribution in [0.2, 0.25) is 0 Å².